The van der Waals surface area contributed by atoms with Crippen LogP contribution in [0.5, 0.6) is 0 Å². The van der Waals surface area contributed by atoms with E-state index in [1.54, 1.807) is 54.5 Å². The number of nitrogens with one attached hydrogen (secondary N) is 1. The standard InChI is InChI=1S/C21H22N2O5/c1-27-13-15-7-9-16(10-8-15)21(26)28-14-19(24)22-17-4-2-5-18(12-17)23-11-3-6-20(23)25/h2,4-5,7-10,12H,3,6,11,13-14H2,1H3,(H,22,24). The molecule has 2 aromatic carbocycles. The van der Waals surface area contributed by atoms with E-state index in [1.807, 2.05) is 6.07 Å². The number of methoxy groups -OCH3 is 1. The Balaban J connectivity index is 1.52. The Kier molecular flexibility index (Phi) is 6.39. The van der Waals surface area contributed by atoms with Crippen LogP contribution in [-0.2, 0) is 25.7 Å². The number of hydrogen-bond donors (Lipinski definition) is 1. The zero-order chi connectivity index (χ0) is 19.9. The molecule has 1 aliphatic heterocycles. The second kappa shape index (κ2) is 9.14. The molecule has 0 aromatic heterocycles. The van der Waals surface area contributed by atoms with E-state index in [0.717, 1.165) is 17.7 Å². The Morgan fingerprint density at radius 3 is 2.61 bits per heavy atom. The van der Waals surface area contributed by atoms with Crippen molar-refractivity contribution in [2.75, 3.05) is 30.5 Å². The summed E-state index contributed by atoms with van der Waals surface area (Å²) < 4.78 is 10.1. The third-order valence-corrected chi connectivity index (χ3v) is 4.35. The van der Waals surface area contributed by atoms with E-state index < -0.39 is 18.5 Å². The van der Waals surface area contributed by atoms with Crippen molar-refractivity contribution >= 4 is 29.2 Å². The van der Waals surface area contributed by atoms with Gasteiger partial charge in [0, 0.05) is 31.5 Å². The lowest BCUT2D eigenvalue weighted by Crippen LogP contribution is -2.24. The van der Waals surface area contributed by atoms with Gasteiger partial charge in [-0.3, -0.25) is 9.59 Å². The largest absolute Gasteiger partial charge is 0.452 e. The summed E-state index contributed by atoms with van der Waals surface area (Å²) in [6.45, 7) is 0.738. The molecule has 1 aliphatic rings. The maximum absolute atomic E-state index is 12.1. The van der Waals surface area contributed by atoms with Crippen LogP contribution < -0.4 is 10.2 Å². The van der Waals surface area contributed by atoms with Gasteiger partial charge in [0.15, 0.2) is 6.61 Å². The molecule has 7 nitrogen and oxygen atoms in total. The predicted octanol–water partition coefficient (Wildman–Crippen LogP) is 2.76. The number of hydrogen-bond acceptors (Lipinski definition) is 5. The Bertz CT molecular complexity index is 863. The summed E-state index contributed by atoms with van der Waals surface area (Å²) in [4.78, 5) is 37.7. The average molecular weight is 382 g/mol. The molecule has 0 saturated carbocycles. The van der Waals surface area contributed by atoms with E-state index in [9.17, 15) is 14.4 Å². The molecular weight excluding hydrogens is 360 g/mol. The predicted molar refractivity (Wildman–Crippen MR) is 104 cm³/mol. The number of nitrogens with zero attached hydrogens (tertiary/aromatic N) is 1. The number of carbonyl (C=O) groups excluding carboxylic acids is 3. The first-order chi connectivity index (χ1) is 13.6. The lowest BCUT2D eigenvalue weighted by Gasteiger charge is -2.16. The molecule has 3 rings (SSSR count). The molecule has 0 aliphatic carbocycles. The maximum atomic E-state index is 12.1. The molecule has 2 amide bonds. The van der Waals surface area contributed by atoms with Crippen molar-refractivity contribution < 1.29 is 23.9 Å². The number of benzene rings is 2. The Morgan fingerprint density at radius 1 is 1.14 bits per heavy atom. The summed E-state index contributed by atoms with van der Waals surface area (Å²) in [6.07, 6.45) is 1.37. The summed E-state index contributed by atoms with van der Waals surface area (Å²) in [5, 5.41) is 2.68. The monoisotopic (exact) mass is 382 g/mol. The van der Waals surface area contributed by atoms with E-state index in [-0.39, 0.29) is 5.91 Å². The summed E-state index contributed by atoms with van der Waals surface area (Å²) in [6, 6.07) is 13.8. The molecule has 146 valence electrons. The number of esters is 1. The van der Waals surface area contributed by atoms with Crippen molar-refractivity contribution in [2.24, 2.45) is 0 Å². The first-order valence-corrected chi connectivity index (χ1v) is 9.02. The molecule has 0 radical (unpaired) electrons. The Hall–Kier alpha value is -3.19. The molecule has 1 saturated heterocycles. The highest BCUT2D eigenvalue weighted by Gasteiger charge is 2.21. The van der Waals surface area contributed by atoms with Gasteiger partial charge in [0.05, 0.1) is 12.2 Å². The van der Waals surface area contributed by atoms with Gasteiger partial charge in [-0.25, -0.2) is 4.79 Å². The maximum Gasteiger partial charge on any atom is 0.338 e. The normalized spacial score (nSPS) is 13.5. The highest BCUT2D eigenvalue weighted by molar-refractivity contribution is 5.98. The fourth-order valence-electron chi connectivity index (χ4n) is 2.99. The molecule has 1 fully saturated rings. The average Bonchev–Trinajstić information content (AvgIpc) is 3.13. The van der Waals surface area contributed by atoms with Crippen molar-refractivity contribution in [3.8, 4) is 0 Å². The van der Waals surface area contributed by atoms with Gasteiger partial charge >= 0.3 is 5.97 Å². The van der Waals surface area contributed by atoms with E-state index in [0.29, 0.717) is 30.8 Å². The third kappa shape index (κ3) is 4.95. The molecule has 0 spiro atoms. The van der Waals surface area contributed by atoms with Gasteiger partial charge in [-0.2, -0.15) is 0 Å². The zero-order valence-corrected chi connectivity index (χ0v) is 15.6. The molecule has 0 unspecified atom stereocenters. The van der Waals surface area contributed by atoms with Crippen molar-refractivity contribution in [2.45, 2.75) is 19.4 Å². The Labute approximate surface area is 163 Å². The topological polar surface area (TPSA) is 84.9 Å². The van der Waals surface area contributed by atoms with Gasteiger partial charge in [0.1, 0.15) is 0 Å². The fraction of sp³-hybridized carbons (Fsp3) is 0.286. The summed E-state index contributed by atoms with van der Waals surface area (Å²) in [7, 11) is 1.60. The number of ether oxygens (including phenoxy) is 2. The van der Waals surface area contributed by atoms with Gasteiger partial charge in [0.25, 0.3) is 5.91 Å². The number of anilines is 2. The quantitative estimate of drug-likeness (QED) is 0.745. The summed E-state index contributed by atoms with van der Waals surface area (Å²) >= 11 is 0. The van der Waals surface area contributed by atoms with Crippen LogP contribution in [0.25, 0.3) is 0 Å². The van der Waals surface area contributed by atoms with Crippen LogP contribution in [0.3, 0.4) is 0 Å². The van der Waals surface area contributed by atoms with Crippen LogP contribution in [0.1, 0.15) is 28.8 Å². The number of amides is 2. The number of rotatable bonds is 7. The third-order valence-electron chi connectivity index (χ3n) is 4.35. The van der Waals surface area contributed by atoms with E-state index in [1.165, 1.54) is 0 Å². The second-order valence-corrected chi connectivity index (χ2v) is 6.45. The molecule has 0 bridgehead atoms. The van der Waals surface area contributed by atoms with Crippen molar-refractivity contribution in [1.82, 2.24) is 0 Å². The smallest absolute Gasteiger partial charge is 0.338 e. The molecule has 2 aromatic rings. The van der Waals surface area contributed by atoms with Crippen LogP contribution in [0.4, 0.5) is 11.4 Å². The van der Waals surface area contributed by atoms with Crippen molar-refractivity contribution in [3.63, 3.8) is 0 Å². The number of carbonyl (C=O) groups is 3. The highest BCUT2D eigenvalue weighted by Crippen LogP contribution is 2.24. The van der Waals surface area contributed by atoms with Gasteiger partial charge < -0.3 is 19.7 Å². The van der Waals surface area contributed by atoms with Crippen LogP contribution >= 0.6 is 0 Å². The minimum atomic E-state index is -0.574. The minimum Gasteiger partial charge on any atom is -0.452 e. The lowest BCUT2D eigenvalue weighted by molar-refractivity contribution is -0.119. The van der Waals surface area contributed by atoms with Gasteiger partial charge in [-0.05, 0) is 42.3 Å². The lowest BCUT2D eigenvalue weighted by atomic mass is 10.1. The van der Waals surface area contributed by atoms with Crippen molar-refractivity contribution in [1.29, 1.82) is 0 Å². The first kappa shape index (κ1) is 19.6. The summed E-state index contributed by atoms with van der Waals surface area (Å²) in [5.41, 5.74) is 2.59. The van der Waals surface area contributed by atoms with E-state index in [2.05, 4.69) is 5.32 Å². The molecule has 28 heavy (non-hydrogen) atoms. The minimum absolute atomic E-state index is 0.0777. The van der Waals surface area contributed by atoms with E-state index >= 15 is 0 Å². The molecule has 0 atom stereocenters. The SMILES string of the molecule is COCc1ccc(C(=O)OCC(=O)Nc2cccc(N3CCCC3=O)c2)cc1. The van der Waals surface area contributed by atoms with Crippen LogP contribution in [0.2, 0.25) is 0 Å². The molecule has 1 N–H and O–H groups in total. The zero-order valence-electron chi connectivity index (χ0n) is 15.6. The Morgan fingerprint density at radius 2 is 1.93 bits per heavy atom. The van der Waals surface area contributed by atoms with E-state index in [4.69, 9.17) is 9.47 Å². The molecule has 1 heterocycles. The fourth-order valence-corrected chi connectivity index (χ4v) is 2.99. The highest BCUT2D eigenvalue weighted by atomic mass is 16.5. The first-order valence-electron chi connectivity index (χ1n) is 9.02. The van der Waals surface area contributed by atoms with Crippen LogP contribution in [-0.4, -0.2) is 38.0 Å². The second-order valence-electron chi connectivity index (χ2n) is 6.45. The van der Waals surface area contributed by atoms with Crippen molar-refractivity contribution in [3.05, 3.63) is 59.7 Å². The van der Waals surface area contributed by atoms with Gasteiger partial charge in [-0.15, -0.1) is 0 Å². The van der Waals surface area contributed by atoms with Gasteiger partial charge in [-0.1, -0.05) is 18.2 Å². The molecular formula is C21H22N2O5. The van der Waals surface area contributed by atoms with Crippen LogP contribution in [0.15, 0.2) is 48.5 Å². The van der Waals surface area contributed by atoms with Gasteiger partial charge in [0.2, 0.25) is 5.91 Å². The molecule has 7 heteroatoms. The summed E-state index contributed by atoms with van der Waals surface area (Å²) in [5.74, 6) is -0.946. The van der Waals surface area contributed by atoms with Crippen LogP contribution in [0, 0.1) is 0 Å².